The van der Waals surface area contributed by atoms with Crippen LogP contribution in [0.25, 0.3) is 0 Å². The summed E-state index contributed by atoms with van der Waals surface area (Å²) in [6.07, 6.45) is 0. The summed E-state index contributed by atoms with van der Waals surface area (Å²) >= 11 is 6.21. The molecule has 0 saturated heterocycles. The summed E-state index contributed by atoms with van der Waals surface area (Å²) in [5.74, 6) is -0.882. The highest BCUT2D eigenvalue weighted by Gasteiger charge is 2.21. The van der Waals surface area contributed by atoms with Crippen LogP contribution in [0.15, 0.2) is 65.6 Å². The average molecular weight is 505 g/mol. The first-order valence-electron chi connectivity index (χ1n) is 9.73. The van der Waals surface area contributed by atoms with Gasteiger partial charge < -0.3 is 19.5 Å². The first-order chi connectivity index (χ1) is 16.2. The number of amides is 1. The third-order valence-corrected chi connectivity index (χ3v) is 6.42. The standard InChI is InChI=1S/C23H21ClN2O7S/c1-31-20-12-17(23(28)33-3)19(13-21(20)32-2)25-22(27)16-11-14(9-10-18(16)24)26-34(29,30)15-7-5-4-6-8-15/h4-13,26H,1-3H3,(H,25,27). The number of carbonyl (C=O) groups is 2. The van der Waals surface area contributed by atoms with Crippen LogP contribution in [0, 0.1) is 0 Å². The Labute approximate surface area is 201 Å². The molecule has 0 bridgehead atoms. The largest absolute Gasteiger partial charge is 0.493 e. The number of hydrogen-bond donors (Lipinski definition) is 2. The van der Waals surface area contributed by atoms with Crippen LogP contribution in [0.5, 0.6) is 11.5 Å². The topological polar surface area (TPSA) is 120 Å². The lowest BCUT2D eigenvalue weighted by Crippen LogP contribution is -2.17. The van der Waals surface area contributed by atoms with E-state index in [4.69, 9.17) is 25.8 Å². The number of rotatable bonds is 8. The molecule has 11 heteroatoms. The van der Waals surface area contributed by atoms with Gasteiger partial charge in [-0.05, 0) is 30.3 Å². The number of methoxy groups -OCH3 is 3. The molecule has 34 heavy (non-hydrogen) atoms. The van der Waals surface area contributed by atoms with E-state index in [1.807, 2.05) is 0 Å². The first-order valence-corrected chi connectivity index (χ1v) is 11.6. The Bertz CT molecular complexity index is 1330. The van der Waals surface area contributed by atoms with Gasteiger partial charge in [-0.15, -0.1) is 0 Å². The lowest BCUT2D eigenvalue weighted by atomic mass is 10.1. The minimum absolute atomic E-state index is 0.0190. The zero-order valence-electron chi connectivity index (χ0n) is 18.4. The number of esters is 1. The molecule has 0 radical (unpaired) electrons. The van der Waals surface area contributed by atoms with E-state index in [0.29, 0.717) is 0 Å². The van der Waals surface area contributed by atoms with Crippen molar-refractivity contribution in [1.29, 1.82) is 0 Å². The fourth-order valence-electron chi connectivity index (χ4n) is 3.03. The van der Waals surface area contributed by atoms with Crippen molar-refractivity contribution < 1.29 is 32.2 Å². The van der Waals surface area contributed by atoms with E-state index in [2.05, 4.69) is 10.0 Å². The van der Waals surface area contributed by atoms with Gasteiger partial charge in [0, 0.05) is 17.8 Å². The maximum atomic E-state index is 13.0. The summed E-state index contributed by atoms with van der Waals surface area (Å²) in [5.41, 5.74) is 0.200. The van der Waals surface area contributed by atoms with Crippen molar-refractivity contribution in [2.75, 3.05) is 31.4 Å². The number of ether oxygens (including phenoxy) is 3. The fraction of sp³-hybridized carbons (Fsp3) is 0.130. The summed E-state index contributed by atoms with van der Waals surface area (Å²) in [4.78, 5) is 25.4. The molecule has 3 rings (SSSR count). The molecule has 1 amide bonds. The molecule has 0 aromatic heterocycles. The molecule has 9 nitrogen and oxygen atoms in total. The van der Waals surface area contributed by atoms with Gasteiger partial charge >= 0.3 is 5.97 Å². The number of halogens is 1. The first kappa shape index (κ1) is 24.9. The molecule has 0 atom stereocenters. The molecule has 0 aliphatic heterocycles. The van der Waals surface area contributed by atoms with Crippen LogP contribution in [0.3, 0.4) is 0 Å². The second kappa shape index (κ2) is 10.4. The Balaban J connectivity index is 1.95. The second-order valence-electron chi connectivity index (χ2n) is 6.81. The predicted molar refractivity (Wildman–Crippen MR) is 128 cm³/mol. The quantitative estimate of drug-likeness (QED) is 0.441. The minimum Gasteiger partial charge on any atom is -0.493 e. The van der Waals surface area contributed by atoms with Gasteiger partial charge in [-0.25, -0.2) is 13.2 Å². The molecule has 0 heterocycles. The fourth-order valence-corrected chi connectivity index (χ4v) is 4.30. The lowest BCUT2D eigenvalue weighted by molar-refractivity contribution is 0.0601. The normalized spacial score (nSPS) is 10.8. The number of anilines is 2. The monoisotopic (exact) mass is 504 g/mol. The van der Waals surface area contributed by atoms with E-state index in [9.17, 15) is 18.0 Å². The zero-order chi connectivity index (χ0) is 24.9. The van der Waals surface area contributed by atoms with Crippen molar-refractivity contribution in [3.63, 3.8) is 0 Å². The van der Waals surface area contributed by atoms with Crippen molar-refractivity contribution in [1.82, 2.24) is 0 Å². The van der Waals surface area contributed by atoms with E-state index in [-0.39, 0.29) is 43.9 Å². The average Bonchev–Trinajstić information content (AvgIpc) is 2.84. The highest BCUT2D eigenvalue weighted by molar-refractivity contribution is 7.92. The van der Waals surface area contributed by atoms with Crippen LogP contribution < -0.4 is 19.5 Å². The Morgan fingerprint density at radius 2 is 1.50 bits per heavy atom. The molecule has 3 aromatic rings. The third kappa shape index (κ3) is 5.41. The Hall–Kier alpha value is -3.76. The predicted octanol–water partition coefficient (Wildman–Crippen LogP) is 4.20. The maximum Gasteiger partial charge on any atom is 0.340 e. The molecule has 0 spiro atoms. The molecule has 0 aliphatic carbocycles. The van der Waals surface area contributed by atoms with E-state index in [1.54, 1.807) is 18.2 Å². The van der Waals surface area contributed by atoms with Crippen molar-refractivity contribution in [2.24, 2.45) is 0 Å². The number of sulfonamides is 1. The van der Waals surface area contributed by atoms with Gasteiger partial charge in [-0.3, -0.25) is 9.52 Å². The summed E-state index contributed by atoms with van der Waals surface area (Å²) in [5, 5.41) is 2.66. The molecular weight excluding hydrogens is 484 g/mol. The zero-order valence-corrected chi connectivity index (χ0v) is 20.0. The van der Waals surface area contributed by atoms with Crippen LogP contribution in [0.4, 0.5) is 11.4 Å². The van der Waals surface area contributed by atoms with Gasteiger partial charge in [0.25, 0.3) is 15.9 Å². The molecule has 178 valence electrons. The summed E-state index contributed by atoms with van der Waals surface area (Å²) in [7, 11) is 0.121. The lowest BCUT2D eigenvalue weighted by Gasteiger charge is -2.15. The Morgan fingerprint density at radius 3 is 2.12 bits per heavy atom. The summed E-state index contributed by atoms with van der Waals surface area (Å²) < 4.78 is 42.9. The van der Waals surface area contributed by atoms with Crippen LogP contribution in [0.1, 0.15) is 20.7 Å². The van der Waals surface area contributed by atoms with Gasteiger partial charge in [-0.2, -0.15) is 0 Å². The highest BCUT2D eigenvalue weighted by atomic mass is 35.5. The Morgan fingerprint density at radius 1 is 0.853 bits per heavy atom. The van der Waals surface area contributed by atoms with E-state index in [1.165, 1.54) is 63.8 Å². The van der Waals surface area contributed by atoms with E-state index in [0.717, 1.165) is 0 Å². The van der Waals surface area contributed by atoms with Gasteiger partial charge in [0.15, 0.2) is 11.5 Å². The molecule has 0 fully saturated rings. The van der Waals surface area contributed by atoms with Gasteiger partial charge in [-0.1, -0.05) is 29.8 Å². The van der Waals surface area contributed by atoms with E-state index >= 15 is 0 Å². The van der Waals surface area contributed by atoms with Crippen molar-refractivity contribution in [2.45, 2.75) is 4.90 Å². The van der Waals surface area contributed by atoms with Crippen molar-refractivity contribution >= 4 is 44.9 Å². The van der Waals surface area contributed by atoms with Gasteiger partial charge in [0.2, 0.25) is 0 Å². The van der Waals surface area contributed by atoms with Crippen molar-refractivity contribution in [3.05, 3.63) is 76.8 Å². The van der Waals surface area contributed by atoms with Crippen molar-refractivity contribution in [3.8, 4) is 11.5 Å². The molecule has 0 saturated carbocycles. The summed E-state index contributed by atoms with van der Waals surface area (Å²) in [6.45, 7) is 0. The van der Waals surface area contributed by atoms with Crippen LogP contribution >= 0.6 is 11.6 Å². The van der Waals surface area contributed by atoms with Gasteiger partial charge in [0.1, 0.15) is 0 Å². The second-order valence-corrected chi connectivity index (χ2v) is 8.90. The number of carbonyl (C=O) groups excluding carboxylic acids is 2. The molecule has 3 aromatic carbocycles. The van der Waals surface area contributed by atoms with E-state index < -0.39 is 21.9 Å². The molecular formula is C23H21ClN2O7S. The molecule has 0 unspecified atom stereocenters. The van der Waals surface area contributed by atoms with Crippen LogP contribution in [-0.2, 0) is 14.8 Å². The third-order valence-electron chi connectivity index (χ3n) is 4.69. The highest BCUT2D eigenvalue weighted by Crippen LogP contribution is 2.34. The number of hydrogen-bond acceptors (Lipinski definition) is 7. The van der Waals surface area contributed by atoms with Crippen LogP contribution in [-0.4, -0.2) is 41.6 Å². The minimum atomic E-state index is -3.88. The molecule has 0 aliphatic rings. The maximum absolute atomic E-state index is 13.0. The Kier molecular flexibility index (Phi) is 7.64. The van der Waals surface area contributed by atoms with Crippen LogP contribution in [0.2, 0.25) is 5.02 Å². The number of benzene rings is 3. The number of nitrogens with one attached hydrogen (secondary N) is 2. The summed E-state index contributed by atoms with van der Waals surface area (Å²) in [6, 6.07) is 14.6. The molecule has 2 N–H and O–H groups in total. The smallest absolute Gasteiger partial charge is 0.340 e. The van der Waals surface area contributed by atoms with Gasteiger partial charge in [0.05, 0.1) is 48.1 Å². The SMILES string of the molecule is COC(=O)c1cc(OC)c(OC)cc1NC(=O)c1cc(NS(=O)(=O)c2ccccc2)ccc1Cl.